The van der Waals surface area contributed by atoms with E-state index in [2.05, 4.69) is 5.32 Å². The largest absolute Gasteiger partial charge is 0.497 e. The van der Waals surface area contributed by atoms with Crippen molar-refractivity contribution in [2.45, 2.75) is 72.5 Å². The molecule has 334 valence electrons. The monoisotopic (exact) mass is 894 g/mol. The molecule has 0 aliphatic carbocycles. The number of nitrogens with one attached hydrogen (secondary N) is 1. The van der Waals surface area contributed by atoms with Crippen LogP contribution in [0.5, 0.6) is 28.7 Å². The van der Waals surface area contributed by atoms with E-state index in [1.165, 1.54) is 0 Å². The first-order valence-electron chi connectivity index (χ1n) is 20.3. The van der Waals surface area contributed by atoms with Gasteiger partial charge >= 0.3 is 12.2 Å². The van der Waals surface area contributed by atoms with Crippen LogP contribution in [0.2, 0.25) is 0 Å². The van der Waals surface area contributed by atoms with E-state index in [4.69, 9.17) is 33.2 Å². The fourth-order valence-electron chi connectivity index (χ4n) is 6.39. The molecule has 0 spiro atoms. The van der Waals surface area contributed by atoms with E-state index in [-0.39, 0.29) is 44.2 Å². The van der Waals surface area contributed by atoms with Gasteiger partial charge in [0.1, 0.15) is 53.2 Å². The molecule has 0 saturated carbocycles. The van der Waals surface area contributed by atoms with Crippen LogP contribution < -0.4 is 33.9 Å². The van der Waals surface area contributed by atoms with Gasteiger partial charge in [-0.15, -0.1) is 0 Å². The van der Waals surface area contributed by atoms with Crippen LogP contribution in [0, 0.1) is 0 Å². The van der Waals surface area contributed by atoms with Crippen LogP contribution in [0.15, 0.2) is 121 Å². The highest BCUT2D eigenvalue weighted by atomic mass is 31.0. The summed E-state index contributed by atoms with van der Waals surface area (Å²) in [7, 11) is 1.63. The number of benzene rings is 5. The molecule has 7 rings (SSSR count). The minimum Gasteiger partial charge on any atom is -0.497 e. The average molecular weight is 895 g/mol. The third-order valence-electron chi connectivity index (χ3n) is 9.56. The van der Waals surface area contributed by atoms with Gasteiger partial charge in [0, 0.05) is 22.5 Å². The lowest BCUT2D eigenvalue weighted by Crippen LogP contribution is -2.31. The Morgan fingerprint density at radius 2 is 1.08 bits per heavy atom. The van der Waals surface area contributed by atoms with Crippen molar-refractivity contribution in [3.8, 4) is 28.7 Å². The number of hydrogen-bond acceptors (Lipinski definition) is 9. The molecule has 2 aliphatic heterocycles. The third kappa shape index (κ3) is 14.5. The van der Waals surface area contributed by atoms with Crippen LogP contribution in [0.3, 0.4) is 0 Å². The van der Waals surface area contributed by atoms with Crippen molar-refractivity contribution in [1.29, 1.82) is 0 Å². The van der Waals surface area contributed by atoms with Gasteiger partial charge in [0.25, 0.3) is 0 Å². The normalized spacial score (nSPS) is 13.3. The van der Waals surface area contributed by atoms with E-state index < -0.39 is 12.2 Å². The lowest BCUT2D eigenvalue weighted by atomic mass is 10.0. The molecule has 63 heavy (non-hydrogen) atoms. The smallest absolute Gasteiger partial charge is 0.414 e. The second kappa shape index (κ2) is 22.9. The first-order valence-corrected chi connectivity index (χ1v) is 20.3. The summed E-state index contributed by atoms with van der Waals surface area (Å²) in [6.07, 6.45) is 7.09. The maximum atomic E-state index is 13.3. The number of nitrogens with zero attached hydrogens (tertiary/aromatic N) is 1. The van der Waals surface area contributed by atoms with Gasteiger partial charge in [-0.05, 0) is 143 Å². The molecule has 0 saturated heterocycles. The number of rotatable bonds is 13. The van der Waals surface area contributed by atoms with Crippen molar-refractivity contribution in [3.05, 3.63) is 149 Å². The first-order chi connectivity index (χ1) is 29.3. The summed E-state index contributed by atoms with van der Waals surface area (Å²) in [6.45, 7) is 13.8. The standard InChI is InChI=1S/C29H31NO5.C21H23NO4.2H3P/c1-5-33-26-13-8-22(9-14-26)20-34-28(31)30(19-21-6-11-25(32-4)12-7-21)24-10-15-27-23(18-24)16-17-29(2,3)35-27;1-4-24-18-8-5-15(6-9-18)14-25-20(23)22-17-7-10-19-16(13-17)11-12-21(2,3)26-19;;/h6-18H,5,19-20H2,1-4H3;5-13H,4,14H2,1-3H3,(H,22,23);2*1H3. The Morgan fingerprint density at radius 3 is 1.60 bits per heavy atom. The van der Waals surface area contributed by atoms with Gasteiger partial charge in [-0.1, -0.05) is 48.6 Å². The lowest BCUT2D eigenvalue weighted by Gasteiger charge is -2.29. The van der Waals surface area contributed by atoms with Crippen molar-refractivity contribution in [1.82, 2.24) is 0 Å². The Bertz CT molecular complexity index is 2330. The number of carbonyl (C=O) groups excluding carboxylic acids is 2. The summed E-state index contributed by atoms with van der Waals surface area (Å²) in [4.78, 5) is 26.9. The van der Waals surface area contributed by atoms with E-state index in [1.54, 1.807) is 18.1 Å². The Balaban J connectivity index is 0.000000279. The van der Waals surface area contributed by atoms with Crippen molar-refractivity contribution >= 4 is 55.5 Å². The maximum Gasteiger partial charge on any atom is 0.414 e. The molecular weight excluding hydrogens is 835 g/mol. The topological polar surface area (TPSA) is 114 Å². The Kier molecular flexibility index (Phi) is 18.0. The number of amides is 2. The number of fused-ring (bicyclic) bond motifs is 2. The van der Waals surface area contributed by atoms with Crippen LogP contribution in [0.25, 0.3) is 12.2 Å². The highest BCUT2D eigenvalue weighted by Gasteiger charge is 2.25. The summed E-state index contributed by atoms with van der Waals surface area (Å²) in [5.41, 5.74) is 5.27. The van der Waals surface area contributed by atoms with Gasteiger partial charge in [-0.3, -0.25) is 10.2 Å². The molecule has 13 heteroatoms. The Labute approximate surface area is 378 Å². The summed E-state index contributed by atoms with van der Waals surface area (Å²) >= 11 is 0. The molecule has 2 atom stereocenters. The Hall–Kier alpha value is -6.02. The fraction of sp³-hybridized carbons (Fsp3) is 0.280. The molecule has 0 bridgehead atoms. The zero-order chi connectivity index (χ0) is 43.4. The van der Waals surface area contributed by atoms with E-state index in [9.17, 15) is 9.59 Å². The maximum absolute atomic E-state index is 13.3. The molecule has 2 heterocycles. The SMILES string of the molecule is CCOc1ccc(COC(=O)N(Cc2ccc(OC)cc2)c2ccc3c(c2)C=CC(C)(C)O3)cc1.CCOc1ccc(COC(=O)Nc2ccc3c(c2)C=CC(C)(C)O3)cc1.P.P. The molecule has 1 N–H and O–H groups in total. The van der Waals surface area contributed by atoms with E-state index in [0.29, 0.717) is 25.4 Å². The molecule has 11 nitrogen and oxygen atoms in total. The highest BCUT2D eigenvalue weighted by molar-refractivity contribution is 6.92. The predicted molar refractivity (Wildman–Crippen MR) is 261 cm³/mol. The highest BCUT2D eigenvalue weighted by Crippen LogP contribution is 2.35. The minimum absolute atomic E-state index is 0. The number of carbonyl (C=O) groups is 2. The van der Waals surface area contributed by atoms with Gasteiger partial charge < -0.3 is 33.2 Å². The molecule has 2 amide bonds. The molecule has 5 aromatic rings. The van der Waals surface area contributed by atoms with Crippen LogP contribution in [-0.4, -0.2) is 43.7 Å². The number of hydrogen-bond donors (Lipinski definition) is 1. The van der Waals surface area contributed by atoms with Gasteiger partial charge in [0.05, 0.1) is 26.9 Å². The van der Waals surface area contributed by atoms with Crippen LogP contribution in [-0.2, 0) is 29.2 Å². The zero-order valence-electron chi connectivity index (χ0n) is 37.3. The van der Waals surface area contributed by atoms with Crippen LogP contribution >= 0.6 is 19.8 Å². The first kappa shape index (κ1) is 49.6. The molecule has 0 aromatic heterocycles. The second-order valence-electron chi connectivity index (χ2n) is 15.4. The van der Waals surface area contributed by atoms with Crippen molar-refractivity contribution in [2.75, 3.05) is 30.5 Å². The van der Waals surface area contributed by atoms with E-state index >= 15 is 0 Å². The van der Waals surface area contributed by atoms with E-state index in [1.807, 2.05) is 169 Å². The molecule has 2 aliphatic rings. The summed E-state index contributed by atoms with van der Waals surface area (Å²) in [6, 6.07) is 33.9. The average Bonchev–Trinajstić information content (AvgIpc) is 3.25. The molecule has 5 aromatic carbocycles. The molecule has 0 radical (unpaired) electrons. The second-order valence-corrected chi connectivity index (χ2v) is 15.4. The number of anilines is 2. The summed E-state index contributed by atoms with van der Waals surface area (Å²) in [5.74, 6) is 3.93. The molecular formula is C50H60N2O9P2. The van der Waals surface area contributed by atoms with Crippen molar-refractivity contribution in [3.63, 3.8) is 0 Å². The fourth-order valence-corrected chi connectivity index (χ4v) is 6.39. The minimum atomic E-state index is -0.500. The quantitative estimate of drug-likeness (QED) is 0.115. The summed E-state index contributed by atoms with van der Waals surface area (Å²) in [5, 5.41) is 2.74. The Morgan fingerprint density at radius 1 is 0.603 bits per heavy atom. The predicted octanol–water partition coefficient (Wildman–Crippen LogP) is 11.8. The van der Waals surface area contributed by atoms with Gasteiger partial charge in [-0.2, -0.15) is 19.8 Å². The van der Waals surface area contributed by atoms with Crippen molar-refractivity contribution < 1.29 is 42.7 Å². The van der Waals surface area contributed by atoms with Crippen LogP contribution in [0.1, 0.15) is 69.4 Å². The van der Waals surface area contributed by atoms with Gasteiger partial charge in [0.15, 0.2) is 0 Å². The van der Waals surface area contributed by atoms with Gasteiger partial charge in [-0.25, -0.2) is 9.59 Å². The van der Waals surface area contributed by atoms with E-state index in [0.717, 1.165) is 62.3 Å². The van der Waals surface area contributed by atoms with Crippen LogP contribution in [0.4, 0.5) is 21.0 Å². The molecule has 0 fully saturated rings. The zero-order valence-corrected chi connectivity index (χ0v) is 40.1. The number of methoxy groups -OCH3 is 1. The lowest BCUT2D eigenvalue weighted by molar-refractivity contribution is 0.146. The summed E-state index contributed by atoms with van der Waals surface area (Å²) < 4.78 is 39.0. The van der Waals surface area contributed by atoms with Gasteiger partial charge in [0.2, 0.25) is 0 Å². The van der Waals surface area contributed by atoms with Crippen molar-refractivity contribution in [2.24, 2.45) is 0 Å². The number of ether oxygens (including phenoxy) is 7. The third-order valence-corrected chi connectivity index (χ3v) is 9.56. The molecule has 2 unspecified atom stereocenters.